The fourth-order valence-electron chi connectivity index (χ4n) is 2.27. The van der Waals surface area contributed by atoms with Gasteiger partial charge >= 0.3 is 0 Å². The van der Waals surface area contributed by atoms with E-state index in [0.717, 1.165) is 25.9 Å². The fraction of sp³-hybridized carbons (Fsp3) is 0.929. The van der Waals surface area contributed by atoms with Crippen molar-refractivity contribution >= 4 is 5.91 Å². The van der Waals surface area contributed by atoms with Gasteiger partial charge in [-0.15, -0.1) is 0 Å². The molecule has 0 bridgehead atoms. The zero-order chi connectivity index (χ0) is 13.8. The molecule has 1 aliphatic heterocycles. The van der Waals surface area contributed by atoms with Crippen LogP contribution in [0.3, 0.4) is 0 Å². The lowest BCUT2D eigenvalue weighted by atomic mass is 9.93. The number of rotatable bonds is 5. The maximum Gasteiger partial charge on any atom is 0.237 e. The highest BCUT2D eigenvalue weighted by Gasteiger charge is 2.30. The smallest absolute Gasteiger partial charge is 0.237 e. The monoisotopic (exact) mass is 256 g/mol. The van der Waals surface area contributed by atoms with Crippen molar-refractivity contribution in [3.63, 3.8) is 0 Å². The average Bonchev–Trinajstić information content (AvgIpc) is 2.27. The molecule has 3 atom stereocenters. The third-order valence-electron chi connectivity index (χ3n) is 3.58. The van der Waals surface area contributed by atoms with E-state index in [0.29, 0.717) is 6.04 Å². The number of ether oxygens (including phenoxy) is 1. The number of hydrogen-bond donors (Lipinski definition) is 2. The molecule has 2 N–H and O–H groups in total. The van der Waals surface area contributed by atoms with Gasteiger partial charge < -0.3 is 15.4 Å². The summed E-state index contributed by atoms with van der Waals surface area (Å²) < 4.78 is 5.68. The summed E-state index contributed by atoms with van der Waals surface area (Å²) in [5, 5.41) is 6.42. The maximum atomic E-state index is 11.9. The van der Waals surface area contributed by atoms with Crippen LogP contribution in [0.1, 0.15) is 53.9 Å². The molecule has 4 heteroatoms. The number of carbonyl (C=O) groups is 1. The first-order valence-electron chi connectivity index (χ1n) is 7.04. The van der Waals surface area contributed by atoms with Crippen LogP contribution in [0.5, 0.6) is 0 Å². The molecule has 1 saturated heterocycles. The van der Waals surface area contributed by atoms with Crippen LogP contribution in [0.25, 0.3) is 0 Å². The largest absolute Gasteiger partial charge is 0.375 e. The molecule has 1 fully saturated rings. The predicted octanol–water partition coefficient (Wildman–Crippen LogP) is 1.84. The minimum atomic E-state index is -0.141. The van der Waals surface area contributed by atoms with E-state index in [1.807, 2.05) is 13.8 Å². The first-order valence-corrected chi connectivity index (χ1v) is 7.04. The van der Waals surface area contributed by atoms with Crippen LogP contribution in [-0.4, -0.2) is 36.2 Å². The summed E-state index contributed by atoms with van der Waals surface area (Å²) >= 11 is 0. The summed E-state index contributed by atoms with van der Waals surface area (Å²) in [6, 6.07) is 0.470. The van der Waals surface area contributed by atoms with Crippen LogP contribution in [0, 0.1) is 0 Å². The second kappa shape index (κ2) is 6.53. The molecule has 0 radical (unpaired) electrons. The molecule has 0 spiro atoms. The van der Waals surface area contributed by atoms with Crippen LogP contribution in [0.2, 0.25) is 0 Å². The van der Waals surface area contributed by atoms with Gasteiger partial charge in [0.25, 0.3) is 0 Å². The van der Waals surface area contributed by atoms with Crippen LogP contribution >= 0.6 is 0 Å². The number of nitrogens with one attached hydrogen (secondary N) is 2. The van der Waals surface area contributed by atoms with Crippen molar-refractivity contribution in [2.75, 3.05) is 6.61 Å². The molecule has 18 heavy (non-hydrogen) atoms. The van der Waals surface area contributed by atoms with E-state index in [1.54, 1.807) is 0 Å². The Morgan fingerprint density at radius 1 is 1.44 bits per heavy atom. The van der Waals surface area contributed by atoms with Crippen LogP contribution < -0.4 is 10.6 Å². The molecule has 0 aromatic heterocycles. The zero-order valence-corrected chi connectivity index (χ0v) is 12.4. The highest BCUT2D eigenvalue weighted by Crippen LogP contribution is 2.24. The van der Waals surface area contributed by atoms with Crippen LogP contribution in [0.4, 0.5) is 0 Å². The Hall–Kier alpha value is -0.610. The Morgan fingerprint density at radius 3 is 2.67 bits per heavy atom. The summed E-state index contributed by atoms with van der Waals surface area (Å²) in [5.41, 5.74) is -0.0805. The first kappa shape index (κ1) is 15.4. The first-order chi connectivity index (χ1) is 8.34. The lowest BCUT2D eigenvalue weighted by Gasteiger charge is -2.37. The van der Waals surface area contributed by atoms with E-state index in [1.165, 1.54) is 0 Å². The van der Waals surface area contributed by atoms with Gasteiger partial charge in [-0.1, -0.05) is 6.92 Å². The van der Waals surface area contributed by atoms with Gasteiger partial charge in [0.15, 0.2) is 0 Å². The maximum absolute atomic E-state index is 11.9. The number of amides is 1. The number of carbonyl (C=O) groups excluding carboxylic acids is 1. The van der Waals surface area contributed by atoms with E-state index in [2.05, 4.69) is 31.4 Å². The third kappa shape index (κ3) is 4.94. The molecule has 0 aliphatic carbocycles. The molecule has 1 amide bonds. The molecule has 3 unspecified atom stereocenters. The summed E-state index contributed by atoms with van der Waals surface area (Å²) in [7, 11) is 0. The average molecular weight is 256 g/mol. The second-order valence-electron chi connectivity index (χ2n) is 6.00. The number of hydrogen-bond acceptors (Lipinski definition) is 3. The summed E-state index contributed by atoms with van der Waals surface area (Å²) in [4.78, 5) is 11.9. The SMILES string of the molecule is CCC(C)NC(=O)C(C)NC1CCOC(C)(C)C1. The van der Waals surface area contributed by atoms with Crippen molar-refractivity contribution in [2.45, 2.75) is 77.6 Å². The lowest BCUT2D eigenvalue weighted by Crippen LogP contribution is -2.52. The quantitative estimate of drug-likeness (QED) is 0.789. The standard InChI is InChI=1S/C14H28N2O2/c1-6-10(2)15-13(17)11(3)16-12-7-8-18-14(4,5)9-12/h10-12,16H,6-9H2,1-5H3,(H,15,17). The highest BCUT2D eigenvalue weighted by molar-refractivity contribution is 5.81. The van der Waals surface area contributed by atoms with Gasteiger partial charge in [0, 0.05) is 18.7 Å². The normalized spacial score (nSPS) is 26.4. The minimum Gasteiger partial charge on any atom is -0.375 e. The highest BCUT2D eigenvalue weighted by atomic mass is 16.5. The van der Waals surface area contributed by atoms with Gasteiger partial charge in [-0.2, -0.15) is 0 Å². The van der Waals surface area contributed by atoms with E-state index in [4.69, 9.17) is 4.74 Å². The zero-order valence-electron chi connectivity index (χ0n) is 12.4. The predicted molar refractivity (Wildman–Crippen MR) is 73.5 cm³/mol. The van der Waals surface area contributed by atoms with Gasteiger partial charge in [-0.3, -0.25) is 4.79 Å². The Labute approximate surface area is 111 Å². The van der Waals surface area contributed by atoms with Crippen molar-refractivity contribution in [2.24, 2.45) is 0 Å². The van der Waals surface area contributed by atoms with Crippen LogP contribution in [-0.2, 0) is 9.53 Å². The molecule has 0 aromatic rings. The Balaban J connectivity index is 2.39. The molecular formula is C14H28N2O2. The third-order valence-corrected chi connectivity index (χ3v) is 3.58. The van der Waals surface area contributed by atoms with Gasteiger partial charge in [0.2, 0.25) is 5.91 Å². The fourth-order valence-corrected chi connectivity index (χ4v) is 2.27. The van der Waals surface area contributed by atoms with E-state index >= 15 is 0 Å². The van der Waals surface area contributed by atoms with E-state index < -0.39 is 0 Å². The van der Waals surface area contributed by atoms with Crippen molar-refractivity contribution in [3.8, 4) is 0 Å². The van der Waals surface area contributed by atoms with Gasteiger partial charge in [-0.25, -0.2) is 0 Å². The van der Waals surface area contributed by atoms with E-state index in [-0.39, 0.29) is 23.6 Å². The Morgan fingerprint density at radius 2 is 2.11 bits per heavy atom. The molecule has 1 rings (SSSR count). The Bertz CT molecular complexity index is 279. The summed E-state index contributed by atoms with van der Waals surface area (Å²) in [6.45, 7) is 11.0. The minimum absolute atomic E-state index is 0.0805. The van der Waals surface area contributed by atoms with Crippen LogP contribution in [0.15, 0.2) is 0 Å². The van der Waals surface area contributed by atoms with Gasteiger partial charge in [0.1, 0.15) is 0 Å². The molecule has 0 saturated carbocycles. The molecule has 4 nitrogen and oxygen atoms in total. The van der Waals surface area contributed by atoms with E-state index in [9.17, 15) is 4.79 Å². The van der Waals surface area contributed by atoms with Crippen molar-refractivity contribution in [1.82, 2.24) is 10.6 Å². The van der Waals surface area contributed by atoms with Crippen molar-refractivity contribution in [1.29, 1.82) is 0 Å². The van der Waals surface area contributed by atoms with Crippen molar-refractivity contribution < 1.29 is 9.53 Å². The summed E-state index contributed by atoms with van der Waals surface area (Å²) in [5.74, 6) is 0.0913. The topological polar surface area (TPSA) is 50.4 Å². The molecule has 1 heterocycles. The molecule has 1 aliphatic rings. The van der Waals surface area contributed by atoms with Crippen molar-refractivity contribution in [3.05, 3.63) is 0 Å². The summed E-state index contributed by atoms with van der Waals surface area (Å²) in [6.07, 6.45) is 2.89. The molecule has 0 aromatic carbocycles. The Kier molecular flexibility index (Phi) is 5.60. The lowest BCUT2D eigenvalue weighted by molar-refractivity contribution is -0.124. The van der Waals surface area contributed by atoms with Gasteiger partial charge in [-0.05, 0) is 47.0 Å². The molecule has 106 valence electrons. The van der Waals surface area contributed by atoms with Gasteiger partial charge in [0.05, 0.1) is 11.6 Å². The molecular weight excluding hydrogens is 228 g/mol. The second-order valence-corrected chi connectivity index (χ2v) is 6.00.